The van der Waals surface area contributed by atoms with E-state index in [0.717, 1.165) is 17.4 Å². The van der Waals surface area contributed by atoms with Gasteiger partial charge in [0, 0.05) is 0 Å². The summed E-state index contributed by atoms with van der Waals surface area (Å²) in [4.78, 5) is 11.5. The molecule has 0 aliphatic heterocycles. The van der Waals surface area contributed by atoms with Crippen molar-refractivity contribution >= 4 is 38.7 Å². The van der Waals surface area contributed by atoms with Crippen LogP contribution in [0.3, 0.4) is 0 Å². The largest absolute Gasteiger partial charge is 0.506 e. The fourth-order valence-electron chi connectivity index (χ4n) is 1.54. The molecule has 4 N–H and O–H groups in total. The smallest absolute Gasteiger partial charge is 0.350 e. The van der Waals surface area contributed by atoms with Crippen LogP contribution in [0.25, 0.3) is 0 Å². The first-order chi connectivity index (χ1) is 9.85. The number of esters is 1. The van der Waals surface area contributed by atoms with Crippen molar-refractivity contribution in [2.45, 2.75) is 4.90 Å². The minimum absolute atomic E-state index is 0.0589. The molecular formula is C12H12N2O5S2. The standard InChI is InChI=1S/C12H12N2O5S2/c1-19-12(16)11-9(4-5-20-11)14-21(17,18)7-2-3-10(15)8(13)6-7/h2-6,14-15H,13H2,1H3. The Morgan fingerprint density at radius 2 is 2.10 bits per heavy atom. The summed E-state index contributed by atoms with van der Waals surface area (Å²) >= 11 is 1.06. The van der Waals surface area contributed by atoms with Crippen molar-refractivity contribution in [1.29, 1.82) is 0 Å². The Balaban J connectivity index is 2.36. The van der Waals surface area contributed by atoms with Gasteiger partial charge < -0.3 is 15.6 Å². The zero-order chi connectivity index (χ0) is 15.6. The molecule has 0 unspecified atom stereocenters. The van der Waals surface area contributed by atoms with E-state index in [0.29, 0.717) is 0 Å². The van der Waals surface area contributed by atoms with E-state index < -0.39 is 16.0 Å². The molecule has 0 saturated heterocycles. The van der Waals surface area contributed by atoms with Gasteiger partial charge >= 0.3 is 5.97 Å². The molecule has 0 saturated carbocycles. The monoisotopic (exact) mass is 328 g/mol. The van der Waals surface area contributed by atoms with E-state index in [1.54, 1.807) is 5.38 Å². The van der Waals surface area contributed by atoms with E-state index in [1.807, 2.05) is 0 Å². The van der Waals surface area contributed by atoms with Crippen LogP contribution in [0.2, 0.25) is 0 Å². The van der Waals surface area contributed by atoms with E-state index in [9.17, 15) is 18.3 Å². The van der Waals surface area contributed by atoms with Crippen molar-refractivity contribution in [1.82, 2.24) is 0 Å². The predicted octanol–water partition coefficient (Wildman–Crippen LogP) is 1.62. The van der Waals surface area contributed by atoms with Gasteiger partial charge in [-0.25, -0.2) is 13.2 Å². The van der Waals surface area contributed by atoms with Gasteiger partial charge in [-0.2, -0.15) is 0 Å². The van der Waals surface area contributed by atoms with Crippen LogP contribution in [0.4, 0.5) is 11.4 Å². The summed E-state index contributed by atoms with van der Waals surface area (Å²) in [7, 11) is -2.72. The first kappa shape index (κ1) is 15.1. The van der Waals surface area contributed by atoms with Crippen LogP contribution in [-0.2, 0) is 14.8 Å². The van der Waals surface area contributed by atoms with Gasteiger partial charge in [0.1, 0.15) is 10.6 Å². The third-order valence-electron chi connectivity index (χ3n) is 2.59. The van der Waals surface area contributed by atoms with Crippen molar-refractivity contribution in [3.63, 3.8) is 0 Å². The average Bonchev–Trinajstić information content (AvgIpc) is 2.88. The number of carbonyl (C=O) groups is 1. The summed E-state index contributed by atoms with van der Waals surface area (Å²) in [6.07, 6.45) is 0. The van der Waals surface area contributed by atoms with Crippen LogP contribution in [-0.4, -0.2) is 26.6 Å². The maximum absolute atomic E-state index is 12.2. The SMILES string of the molecule is COC(=O)c1sccc1NS(=O)(=O)c1ccc(O)c(N)c1. The van der Waals surface area contributed by atoms with E-state index in [-0.39, 0.29) is 26.9 Å². The number of phenolic OH excluding ortho intramolecular Hbond substituents is 1. The number of nitrogens with one attached hydrogen (secondary N) is 1. The van der Waals surface area contributed by atoms with Crippen LogP contribution >= 0.6 is 11.3 Å². The van der Waals surface area contributed by atoms with E-state index in [2.05, 4.69) is 9.46 Å². The molecule has 0 bridgehead atoms. The second-order valence-electron chi connectivity index (χ2n) is 3.98. The van der Waals surface area contributed by atoms with Gasteiger partial charge in [-0.15, -0.1) is 11.3 Å². The number of hydrogen-bond acceptors (Lipinski definition) is 7. The number of phenols is 1. The maximum atomic E-state index is 12.2. The summed E-state index contributed by atoms with van der Waals surface area (Å²) in [6, 6.07) is 4.97. The van der Waals surface area contributed by atoms with Gasteiger partial charge in [0.2, 0.25) is 0 Å². The van der Waals surface area contributed by atoms with Crippen LogP contribution in [0, 0.1) is 0 Å². The number of anilines is 2. The molecule has 21 heavy (non-hydrogen) atoms. The van der Waals surface area contributed by atoms with Crippen LogP contribution in [0.1, 0.15) is 9.67 Å². The van der Waals surface area contributed by atoms with Gasteiger partial charge in [-0.3, -0.25) is 4.72 Å². The Hall–Kier alpha value is -2.26. The first-order valence-corrected chi connectivity index (χ1v) is 7.98. The zero-order valence-electron chi connectivity index (χ0n) is 10.9. The Bertz CT molecular complexity index is 783. The van der Waals surface area contributed by atoms with Gasteiger partial charge in [-0.05, 0) is 29.6 Å². The highest BCUT2D eigenvalue weighted by Crippen LogP contribution is 2.28. The highest BCUT2D eigenvalue weighted by Gasteiger charge is 2.21. The second kappa shape index (κ2) is 5.62. The molecule has 112 valence electrons. The number of carbonyl (C=O) groups excluding carboxylic acids is 1. The number of hydrogen-bond donors (Lipinski definition) is 3. The minimum atomic E-state index is -3.93. The summed E-state index contributed by atoms with van der Waals surface area (Å²) in [6.45, 7) is 0. The van der Waals surface area contributed by atoms with E-state index in [1.165, 1.54) is 25.3 Å². The third-order valence-corrected chi connectivity index (χ3v) is 4.85. The number of ether oxygens (including phenoxy) is 1. The van der Waals surface area contributed by atoms with Crippen molar-refractivity contribution in [2.24, 2.45) is 0 Å². The van der Waals surface area contributed by atoms with Crippen LogP contribution in [0.15, 0.2) is 34.5 Å². The molecule has 0 spiro atoms. The average molecular weight is 328 g/mol. The highest BCUT2D eigenvalue weighted by atomic mass is 32.2. The molecule has 7 nitrogen and oxygen atoms in total. The lowest BCUT2D eigenvalue weighted by Gasteiger charge is -2.09. The number of sulfonamides is 1. The molecule has 2 aromatic rings. The number of aromatic hydroxyl groups is 1. The van der Waals surface area contributed by atoms with Crippen LogP contribution in [0.5, 0.6) is 5.75 Å². The summed E-state index contributed by atoms with van der Waals surface area (Å²) in [5.41, 5.74) is 5.54. The topological polar surface area (TPSA) is 119 Å². The molecule has 0 aliphatic carbocycles. The van der Waals surface area contributed by atoms with E-state index in [4.69, 9.17) is 5.73 Å². The van der Waals surface area contributed by atoms with Gasteiger partial charge in [-0.1, -0.05) is 0 Å². The highest BCUT2D eigenvalue weighted by molar-refractivity contribution is 7.92. The Kier molecular flexibility index (Phi) is 4.05. The molecule has 0 aliphatic rings. The van der Waals surface area contributed by atoms with Crippen molar-refractivity contribution in [2.75, 3.05) is 17.6 Å². The quantitative estimate of drug-likeness (QED) is 0.446. The molecule has 0 amide bonds. The molecule has 9 heteroatoms. The number of benzene rings is 1. The molecular weight excluding hydrogens is 316 g/mol. The van der Waals surface area contributed by atoms with Gasteiger partial charge in [0.25, 0.3) is 10.0 Å². The lowest BCUT2D eigenvalue weighted by atomic mass is 10.3. The number of nitrogens with two attached hydrogens (primary N) is 1. The Labute approximate surface area is 125 Å². The molecule has 2 rings (SSSR count). The molecule has 0 radical (unpaired) electrons. The lowest BCUT2D eigenvalue weighted by molar-refractivity contribution is 0.0607. The Morgan fingerprint density at radius 1 is 1.38 bits per heavy atom. The summed E-state index contributed by atoms with van der Waals surface area (Å²) in [5.74, 6) is -0.840. The molecule has 1 aromatic heterocycles. The summed E-state index contributed by atoms with van der Waals surface area (Å²) in [5, 5.41) is 10.9. The molecule has 1 heterocycles. The fourth-order valence-corrected chi connectivity index (χ4v) is 3.48. The number of nitrogen functional groups attached to an aromatic ring is 1. The van der Waals surface area contributed by atoms with Crippen molar-refractivity contribution in [3.8, 4) is 5.75 Å². The number of methoxy groups -OCH3 is 1. The van der Waals surface area contributed by atoms with Crippen LogP contribution < -0.4 is 10.5 Å². The van der Waals surface area contributed by atoms with Crippen molar-refractivity contribution in [3.05, 3.63) is 34.5 Å². The second-order valence-corrected chi connectivity index (χ2v) is 6.58. The van der Waals surface area contributed by atoms with Gasteiger partial charge in [0.05, 0.1) is 23.4 Å². The first-order valence-electron chi connectivity index (χ1n) is 5.62. The lowest BCUT2D eigenvalue weighted by Crippen LogP contribution is -2.15. The zero-order valence-corrected chi connectivity index (χ0v) is 12.5. The molecule has 0 atom stereocenters. The van der Waals surface area contributed by atoms with Crippen molar-refractivity contribution < 1.29 is 23.1 Å². The fraction of sp³-hybridized carbons (Fsp3) is 0.0833. The number of thiophene rings is 1. The normalized spacial score (nSPS) is 11.1. The predicted molar refractivity (Wildman–Crippen MR) is 79.0 cm³/mol. The third kappa shape index (κ3) is 3.09. The summed E-state index contributed by atoms with van der Waals surface area (Å²) < 4.78 is 31.3. The minimum Gasteiger partial charge on any atom is -0.506 e. The van der Waals surface area contributed by atoms with E-state index >= 15 is 0 Å². The Morgan fingerprint density at radius 3 is 2.71 bits per heavy atom. The van der Waals surface area contributed by atoms with Gasteiger partial charge in [0.15, 0.2) is 0 Å². The number of rotatable bonds is 4. The maximum Gasteiger partial charge on any atom is 0.350 e. The molecule has 1 aromatic carbocycles. The molecule has 0 fully saturated rings.